The van der Waals surface area contributed by atoms with Crippen molar-refractivity contribution in [2.24, 2.45) is 33.7 Å². The molecule has 0 aliphatic carbocycles. The van der Waals surface area contributed by atoms with E-state index in [2.05, 4.69) is 15.0 Å². The molecule has 0 aromatic heterocycles. The summed E-state index contributed by atoms with van der Waals surface area (Å²) < 4.78 is 9.89. The first-order valence-corrected chi connectivity index (χ1v) is 11.5. The molecule has 0 saturated heterocycles. The average molecular weight is 491 g/mol. The number of carbonyl (C=O) groups is 3. The average Bonchev–Trinajstić information content (AvgIpc) is 2.78. The summed E-state index contributed by atoms with van der Waals surface area (Å²) in [6.45, 7) is 1.15. The lowest BCUT2D eigenvalue weighted by Gasteiger charge is -2.24. The maximum Gasteiger partial charge on any atom is 0.505 e. The van der Waals surface area contributed by atoms with E-state index in [-0.39, 0.29) is 32.3 Å². The number of nitrogens with zero attached hydrogens (tertiary/aromatic N) is 2. The molecule has 0 aromatic carbocycles. The first-order chi connectivity index (χ1) is 16.2. The van der Waals surface area contributed by atoms with Crippen molar-refractivity contribution >= 4 is 24.1 Å². The van der Waals surface area contributed by atoms with Gasteiger partial charge in [0.15, 0.2) is 5.96 Å². The molecule has 14 nitrogen and oxygen atoms in total. The Morgan fingerprint density at radius 2 is 1.62 bits per heavy atom. The van der Waals surface area contributed by atoms with Gasteiger partial charge >= 0.3 is 12.2 Å². The van der Waals surface area contributed by atoms with Gasteiger partial charge in [0.2, 0.25) is 5.91 Å². The summed E-state index contributed by atoms with van der Waals surface area (Å²) >= 11 is 0. The molecule has 198 valence electrons. The number of unbranched alkanes of at least 4 members (excludes halogenated alkanes) is 2. The molecule has 14 heteroatoms. The zero-order chi connectivity index (χ0) is 25.8. The Morgan fingerprint density at radius 1 is 0.941 bits per heavy atom. The third-order valence-corrected chi connectivity index (χ3v) is 4.70. The monoisotopic (exact) mass is 490 g/mol. The summed E-state index contributed by atoms with van der Waals surface area (Å²) in [5.74, 6) is -0.458. The molecule has 0 radical (unpaired) electrons. The minimum atomic E-state index is -1.43. The molecule has 0 heterocycles. The van der Waals surface area contributed by atoms with E-state index < -0.39 is 30.2 Å². The van der Waals surface area contributed by atoms with Gasteiger partial charge in [0.05, 0.1) is 6.04 Å². The minimum Gasteiger partial charge on any atom is -0.450 e. The van der Waals surface area contributed by atoms with Crippen molar-refractivity contribution in [2.75, 3.05) is 45.9 Å². The lowest BCUT2D eigenvalue weighted by atomic mass is 10.1. The Labute approximate surface area is 200 Å². The summed E-state index contributed by atoms with van der Waals surface area (Å²) in [4.78, 5) is 41.0. The normalized spacial score (nSPS) is 12.3. The molecule has 0 rings (SSSR count). The SMILES string of the molecule is NCCCC[C@@H](COC(=O)O)NC(=O)CN(CCCCN)C(=O)OC[C@@H](N)CCCN=C(N)N. The quantitative estimate of drug-likeness (QED) is 0.0493. The van der Waals surface area contributed by atoms with Crippen LogP contribution in [0.5, 0.6) is 0 Å². The number of nitrogens with two attached hydrogens (primary N) is 5. The molecular weight excluding hydrogens is 448 g/mol. The van der Waals surface area contributed by atoms with E-state index >= 15 is 0 Å². The third-order valence-electron chi connectivity index (χ3n) is 4.70. The summed E-state index contributed by atoms with van der Waals surface area (Å²) in [5, 5.41) is 11.5. The molecular formula is C20H42N8O6. The van der Waals surface area contributed by atoms with Crippen molar-refractivity contribution in [3.63, 3.8) is 0 Å². The first kappa shape index (κ1) is 31.2. The standard InChI is InChI=1S/C20H42N8O6/c21-8-2-1-7-16(14-34-20(31)32)27-17(29)12-28(11-4-3-9-22)19(30)33-13-15(23)6-5-10-26-18(24)25/h15-16H,1-14,21-23H2,(H,27,29)(H,31,32)(H4,24,25,26)/t15-,16-/m0/s1. The van der Waals surface area contributed by atoms with E-state index in [1.54, 1.807) is 0 Å². The van der Waals surface area contributed by atoms with Crippen LogP contribution in [0.3, 0.4) is 0 Å². The highest BCUT2D eigenvalue weighted by Gasteiger charge is 2.21. The number of hydrogen-bond donors (Lipinski definition) is 7. The molecule has 0 fully saturated rings. The van der Waals surface area contributed by atoms with E-state index in [1.165, 1.54) is 4.90 Å². The maximum atomic E-state index is 12.6. The molecule has 0 spiro atoms. The second kappa shape index (κ2) is 19.6. The number of carboxylic acid groups (broad SMARTS) is 1. The van der Waals surface area contributed by atoms with E-state index in [9.17, 15) is 14.4 Å². The van der Waals surface area contributed by atoms with Crippen LogP contribution >= 0.6 is 0 Å². The number of amides is 2. The Morgan fingerprint density at radius 3 is 2.24 bits per heavy atom. The zero-order valence-electron chi connectivity index (χ0n) is 19.8. The van der Waals surface area contributed by atoms with Crippen LogP contribution in [0.25, 0.3) is 0 Å². The van der Waals surface area contributed by atoms with Crippen molar-refractivity contribution in [1.82, 2.24) is 10.2 Å². The van der Waals surface area contributed by atoms with Crippen LogP contribution < -0.4 is 34.0 Å². The lowest BCUT2D eigenvalue weighted by molar-refractivity contribution is -0.123. The fourth-order valence-electron chi connectivity index (χ4n) is 2.95. The molecule has 12 N–H and O–H groups in total. The summed E-state index contributed by atoms with van der Waals surface area (Å²) in [6.07, 6.45) is 2.23. The topological polar surface area (TPSA) is 248 Å². The number of guanidine groups is 1. The summed E-state index contributed by atoms with van der Waals surface area (Å²) in [5.41, 5.74) is 27.5. The Hall–Kier alpha value is -2.84. The van der Waals surface area contributed by atoms with Gasteiger partial charge in [0.25, 0.3) is 0 Å². The maximum absolute atomic E-state index is 12.6. The molecule has 0 saturated carbocycles. The smallest absolute Gasteiger partial charge is 0.450 e. The third kappa shape index (κ3) is 17.7. The van der Waals surface area contributed by atoms with Crippen molar-refractivity contribution in [2.45, 2.75) is 57.0 Å². The highest BCUT2D eigenvalue weighted by molar-refractivity contribution is 5.82. The molecule has 2 amide bonds. The molecule has 0 unspecified atom stereocenters. The van der Waals surface area contributed by atoms with Crippen LogP contribution in [0.2, 0.25) is 0 Å². The summed E-state index contributed by atoms with van der Waals surface area (Å²) in [7, 11) is 0. The fourth-order valence-corrected chi connectivity index (χ4v) is 2.95. The van der Waals surface area contributed by atoms with Gasteiger partial charge in [-0.3, -0.25) is 14.7 Å². The molecule has 0 aliphatic rings. The molecule has 34 heavy (non-hydrogen) atoms. The predicted octanol–water partition coefficient (Wildman–Crippen LogP) is -1.15. The Bertz CT molecular complexity index is 618. The fraction of sp³-hybridized carbons (Fsp3) is 0.800. The number of rotatable bonds is 19. The van der Waals surface area contributed by atoms with E-state index in [0.717, 1.165) is 6.42 Å². The largest absolute Gasteiger partial charge is 0.505 e. The van der Waals surface area contributed by atoms with Crippen LogP contribution in [0.1, 0.15) is 44.9 Å². The van der Waals surface area contributed by atoms with Crippen molar-refractivity contribution < 1.29 is 29.0 Å². The van der Waals surface area contributed by atoms with Gasteiger partial charge in [0, 0.05) is 19.1 Å². The van der Waals surface area contributed by atoms with Crippen LogP contribution in [-0.4, -0.2) is 92.1 Å². The van der Waals surface area contributed by atoms with Gasteiger partial charge in [-0.2, -0.15) is 0 Å². The molecule has 0 aliphatic heterocycles. The second-order valence-corrected chi connectivity index (χ2v) is 7.83. The minimum absolute atomic E-state index is 0.00235. The Kier molecular flexibility index (Phi) is 18.0. The number of nitrogens with one attached hydrogen (secondary N) is 1. The van der Waals surface area contributed by atoms with Crippen LogP contribution in [0.4, 0.5) is 9.59 Å². The van der Waals surface area contributed by atoms with Gasteiger partial charge < -0.3 is 48.6 Å². The van der Waals surface area contributed by atoms with Crippen molar-refractivity contribution in [3.8, 4) is 0 Å². The van der Waals surface area contributed by atoms with Crippen molar-refractivity contribution in [1.29, 1.82) is 0 Å². The van der Waals surface area contributed by atoms with Gasteiger partial charge in [0.1, 0.15) is 19.8 Å². The van der Waals surface area contributed by atoms with Gasteiger partial charge in [-0.15, -0.1) is 0 Å². The van der Waals surface area contributed by atoms with Crippen LogP contribution in [0, 0.1) is 0 Å². The van der Waals surface area contributed by atoms with Crippen LogP contribution in [0.15, 0.2) is 4.99 Å². The van der Waals surface area contributed by atoms with E-state index in [0.29, 0.717) is 58.2 Å². The number of carbonyl (C=O) groups excluding carboxylic acids is 2. The Balaban J connectivity index is 4.80. The second-order valence-electron chi connectivity index (χ2n) is 7.83. The van der Waals surface area contributed by atoms with Crippen LogP contribution in [-0.2, 0) is 14.3 Å². The van der Waals surface area contributed by atoms with Gasteiger partial charge in [-0.25, -0.2) is 9.59 Å². The summed E-state index contributed by atoms with van der Waals surface area (Å²) in [6, 6.07) is -0.936. The highest BCUT2D eigenvalue weighted by Crippen LogP contribution is 2.05. The molecule has 2 atom stereocenters. The predicted molar refractivity (Wildman–Crippen MR) is 128 cm³/mol. The van der Waals surface area contributed by atoms with E-state index in [1.807, 2.05) is 0 Å². The lowest BCUT2D eigenvalue weighted by Crippen LogP contribution is -2.46. The number of ether oxygens (including phenoxy) is 2. The molecule has 0 aromatic rings. The van der Waals surface area contributed by atoms with Gasteiger partial charge in [-0.1, -0.05) is 6.42 Å². The zero-order valence-corrected chi connectivity index (χ0v) is 19.8. The number of hydrogen-bond acceptors (Lipinski definition) is 9. The molecule has 0 bridgehead atoms. The van der Waals surface area contributed by atoms with E-state index in [4.69, 9.17) is 38.5 Å². The first-order valence-electron chi connectivity index (χ1n) is 11.5. The van der Waals surface area contributed by atoms with Crippen molar-refractivity contribution in [3.05, 3.63) is 0 Å². The van der Waals surface area contributed by atoms with Gasteiger partial charge in [-0.05, 0) is 51.6 Å². The highest BCUT2D eigenvalue weighted by atomic mass is 16.7. The number of aliphatic imine (C=N–C) groups is 1.